The first-order valence-electron chi connectivity index (χ1n) is 8.30. The highest BCUT2D eigenvalue weighted by atomic mass is 79.9. The molecule has 5 heteroatoms. The van der Waals surface area contributed by atoms with E-state index in [1.54, 1.807) is 0 Å². The minimum absolute atomic E-state index is 0.595. The van der Waals surface area contributed by atoms with Crippen LogP contribution in [0.4, 0.5) is 0 Å². The van der Waals surface area contributed by atoms with Gasteiger partial charge in [-0.25, -0.2) is 0 Å². The molecule has 0 bridgehead atoms. The highest BCUT2D eigenvalue weighted by Gasteiger charge is 2.62. The maximum atomic E-state index is 4.04. The van der Waals surface area contributed by atoms with Gasteiger partial charge in [-0.1, -0.05) is 123 Å². The van der Waals surface area contributed by atoms with E-state index in [-0.39, 0.29) is 0 Å². The van der Waals surface area contributed by atoms with E-state index in [1.807, 2.05) is 30.3 Å². The Morgan fingerprint density at radius 2 is 0.769 bits per heavy atom. The number of hydrogen-bond acceptors (Lipinski definition) is 2. The lowest BCUT2D eigenvalue weighted by Gasteiger charge is -2.37. The molecule has 0 spiro atoms. The zero-order valence-electron chi connectivity index (χ0n) is 13.8. The number of rotatable bonds is 3. The number of alkyl halides is 3. The molecule has 0 aromatic heterocycles. The van der Waals surface area contributed by atoms with Crippen molar-refractivity contribution < 1.29 is 0 Å². The fourth-order valence-corrected chi connectivity index (χ4v) is 6.54. The van der Waals surface area contributed by atoms with Crippen LogP contribution in [0, 0.1) is 0 Å². The van der Waals surface area contributed by atoms with Crippen molar-refractivity contribution in [3.8, 4) is 0 Å². The highest BCUT2D eigenvalue weighted by Crippen LogP contribution is 2.57. The lowest BCUT2D eigenvalue weighted by atomic mass is 9.94. The summed E-state index contributed by atoms with van der Waals surface area (Å²) >= 11 is 12.0. The Bertz CT molecular complexity index is 835. The quantitative estimate of drug-likeness (QED) is 0.323. The zero-order valence-corrected chi connectivity index (χ0v) is 18.6. The van der Waals surface area contributed by atoms with Gasteiger partial charge < -0.3 is 0 Å². The van der Waals surface area contributed by atoms with Gasteiger partial charge in [0.2, 0.25) is 0 Å². The van der Waals surface area contributed by atoms with Crippen molar-refractivity contribution in [2.24, 2.45) is 0 Å². The second-order valence-electron chi connectivity index (χ2n) is 6.32. The molecule has 1 saturated heterocycles. The van der Waals surface area contributed by atoms with Gasteiger partial charge in [0.25, 0.3) is 0 Å². The Hall–Kier alpha value is -0.980. The Labute approximate surface area is 178 Å². The van der Waals surface area contributed by atoms with Gasteiger partial charge >= 0.3 is 0 Å². The molecule has 3 aromatic carbocycles. The minimum atomic E-state index is -0.618. The van der Waals surface area contributed by atoms with Crippen molar-refractivity contribution in [1.82, 2.24) is 10.6 Å². The fraction of sp³-hybridized carbons (Fsp3) is 0.143. The van der Waals surface area contributed by atoms with Crippen LogP contribution in [0.3, 0.4) is 0 Å². The van der Waals surface area contributed by atoms with Gasteiger partial charge in [-0.2, -0.15) is 0 Å². The first-order valence-corrected chi connectivity index (χ1v) is 10.7. The molecular formula is C21H17Br3N2. The van der Waals surface area contributed by atoms with Crippen LogP contribution in [0.1, 0.15) is 16.7 Å². The molecule has 2 nitrogen and oxygen atoms in total. The van der Waals surface area contributed by atoms with E-state index in [0.29, 0.717) is 0 Å². The number of hydrogen-bond donors (Lipinski definition) is 2. The van der Waals surface area contributed by atoms with Gasteiger partial charge in [0, 0.05) is 0 Å². The smallest absolute Gasteiger partial charge is 0.155 e. The summed E-state index contributed by atoms with van der Waals surface area (Å²) in [7, 11) is 0. The summed E-state index contributed by atoms with van der Waals surface area (Å²) in [5, 5.41) is 7.48. The van der Waals surface area contributed by atoms with Gasteiger partial charge in [-0.15, -0.1) is 0 Å². The van der Waals surface area contributed by atoms with E-state index in [2.05, 4.69) is 119 Å². The minimum Gasteiger partial charge on any atom is -0.265 e. The molecule has 0 radical (unpaired) electrons. The first-order chi connectivity index (χ1) is 12.5. The molecule has 1 fully saturated rings. The fourth-order valence-electron chi connectivity index (χ4n) is 3.37. The Morgan fingerprint density at radius 1 is 0.462 bits per heavy atom. The predicted molar refractivity (Wildman–Crippen MR) is 117 cm³/mol. The monoisotopic (exact) mass is 534 g/mol. The molecule has 0 aliphatic carbocycles. The maximum Gasteiger partial charge on any atom is 0.155 e. The summed E-state index contributed by atoms with van der Waals surface area (Å²) in [5.41, 5.74) is 3.33. The van der Waals surface area contributed by atoms with E-state index in [4.69, 9.17) is 0 Å². The molecule has 0 amide bonds. The predicted octanol–water partition coefficient (Wildman–Crippen LogP) is 5.88. The zero-order chi connectivity index (χ0) is 18.3. The van der Waals surface area contributed by atoms with Gasteiger partial charge in [0.1, 0.15) is 8.90 Å². The molecule has 4 rings (SSSR count). The van der Waals surface area contributed by atoms with E-state index in [9.17, 15) is 0 Å². The third-order valence-electron chi connectivity index (χ3n) is 4.68. The summed E-state index contributed by atoms with van der Waals surface area (Å²) in [5.74, 6) is 0. The molecular weight excluding hydrogens is 520 g/mol. The van der Waals surface area contributed by atoms with Crippen LogP contribution >= 0.6 is 47.8 Å². The second kappa shape index (κ2) is 6.88. The van der Waals surface area contributed by atoms with Crippen LogP contribution in [0.25, 0.3) is 0 Å². The summed E-state index contributed by atoms with van der Waals surface area (Å²) in [6, 6.07) is 31.0. The largest absolute Gasteiger partial charge is 0.265 e. The van der Waals surface area contributed by atoms with Crippen LogP contribution in [0.5, 0.6) is 0 Å². The lowest BCUT2D eigenvalue weighted by Crippen LogP contribution is -2.46. The molecule has 1 aliphatic heterocycles. The average Bonchev–Trinajstić information content (AvgIpc) is 2.92. The lowest BCUT2D eigenvalue weighted by molar-refractivity contribution is 0.474. The second-order valence-corrected chi connectivity index (χ2v) is 9.89. The number of halogens is 3. The van der Waals surface area contributed by atoms with E-state index >= 15 is 0 Å². The molecule has 2 atom stereocenters. The molecule has 1 aliphatic rings. The van der Waals surface area contributed by atoms with Gasteiger partial charge in [-0.05, 0) is 32.6 Å². The molecule has 2 N–H and O–H groups in total. The standard InChI is InChI=1S/C21H17Br3N2/c22-19(16-10-4-1-5-11-16)20(23,17-12-6-2-7-13-17)26-21(24,25-19)18-14-8-3-9-15-18/h1-15,25-26H. The van der Waals surface area contributed by atoms with Crippen molar-refractivity contribution in [2.75, 3.05) is 0 Å². The highest BCUT2D eigenvalue weighted by molar-refractivity contribution is 9.12. The Balaban J connectivity index is 1.90. The van der Waals surface area contributed by atoms with Crippen LogP contribution in [0.15, 0.2) is 91.0 Å². The van der Waals surface area contributed by atoms with Crippen molar-refractivity contribution in [3.05, 3.63) is 108 Å². The summed E-state index contributed by atoms with van der Waals surface area (Å²) in [6.07, 6.45) is 0. The molecule has 0 saturated carbocycles. The molecule has 26 heavy (non-hydrogen) atoms. The van der Waals surface area contributed by atoms with E-state index in [0.717, 1.165) is 16.7 Å². The van der Waals surface area contributed by atoms with Gasteiger partial charge in [0.15, 0.2) is 4.57 Å². The van der Waals surface area contributed by atoms with E-state index < -0.39 is 13.5 Å². The summed E-state index contributed by atoms with van der Waals surface area (Å²) in [6.45, 7) is 0. The SMILES string of the molecule is BrC1(c2ccccc2)NC(Br)(c2ccccc2)C(Br)(c2ccccc2)N1. The van der Waals surface area contributed by atoms with Crippen molar-refractivity contribution >= 4 is 47.8 Å². The van der Waals surface area contributed by atoms with Gasteiger partial charge in [0.05, 0.1) is 0 Å². The van der Waals surface area contributed by atoms with Crippen molar-refractivity contribution in [1.29, 1.82) is 0 Å². The molecule has 1 heterocycles. The molecule has 2 unspecified atom stereocenters. The third-order valence-corrected chi connectivity index (χ3v) is 8.57. The van der Waals surface area contributed by atoms with Crippen molar-refractivity contribution in [2.45, 2.75) is 13.5 Å². The molecule has 132 valence electrons. The van der Waals surface area contributed by atoms with E-state index in [1.165, 1.54) is 0 Å². The maximum absolute atomic E-state index is 4.04. The van der Waals surface area contributed by atoms with Crippen LogP contribution in [0.2, 0.25) is 0 Å². The van der Waals surface area contributed by atoms with Gasteiger partial charge in [-0.3, -0.25) is 10.6 Å². The molecule has 3 aromatic rings. The number of nitrogens with one attached hydrogen (secondary N) is 2. The first kappa shape index (κ1) is 18.4. The number of benzene rings is 3. The Morgan fingerprint density at radius 3 is 1.12 bits per heavy atom. The summed E-state index contributed by atoms with van der Waals surface area (Å²) < 4.78 is -1.81. The third kappa shape index (κ3) is 2.90. The normalized spacial score (nSPS) is 31.0. The average molecular weight is 537 g/mol. The topological polar surface area (TPSA) is 24.1 Å². The van der Waals surface area contributed by atoms with Crippen LogP contribution in [-0.2, 0) is 13.5 Å². The van der Waals surface area contributed by atoms with Crippen LogP contribution in [-0.4, -0.2) is 0 Å². The van der Waals surface area contributed by atoms with Crippen molar-refractivity contribution in [3.63, 3.8) is 0 Å². The Kier molecular flexibility index (Phi) is 4.86. The summed E-state index contributed by atoms with van der Waals surface area (Å²) in [4.78, 5) is 0. The van der Waals surface area contributed by atoms with Crippen LogP contribution < -0.4 is 10.6 Å².